The van der Waals surface area contributed by atoms with Crippen LogP contribution in [0.4, 0.5) is 0 Å². The van der Waals surface area contributed by atoms with E-state index in [9.17, 15) is 5.11 Å². The van der Waals surface area contributed by atoms with Crippen LogP contribution in [0.2, 0.25) is 0 Å². The maximum atomic E-state index is 11.9. The zero-order chi connectivity index (χ0) is 27.0. The molecule has 0 saturated heterocycles. The first kappa shape index (κ1) is 28.5. The molecule has 0 spiro atoms. The lowest BCUT2D eigenvalue weighted by molar-refractivity contribution is -0.0347. The van der Waals surface area contributed by atoms with Crippen molar-refractivity contribution < 1.29 is 14.6 Å². The normalized spacial score (nSPS) is 13.6. The molecule has 4 aromatic carbocycles. The number of hydrogen-bond donors (Lipinski definition) is 1. The van der Waals surface area contributed by atoms with Gasteiger partial charge in [0.25, 0.3) is 0 Å². The largest absolute Gasteiger partial charge is 0.468 e. The molecule has 5 heteroatoms. The minimum Gasteiger partial charge on any atom is -0.468 e. The van der Waals surface area contributed by atoms with Gasteiger partial charge in [-0.05, 0) is 79.4 Å². The van der Waals surface area contributed by atoms with Gasteiger partial charge in [-0.3, -0.25) is 0 Å². The van der Waals surface area contributed by atoms with Gasteiger partial charge < -0.3 is 14.6 Å². The predicted molar refractivity (Wildman–Crippen MR) is 165 cm³/mol. The Hall–Kier alpha value is -2.49. The van der Waals surface area contributed by atoms with Gasteiger partial charge in [-0.25, -0.2) is 0 Å². The summed E-state index contributed by atoms with van der Waals surface area (Å²) in [6.45, 7) is 7.18. The van der Waals surface area contributed by atoms with Crippen molar-refractivity contribution in [1.29, 1.82) is 0 Å². The second-order valence-corrected chi connectivity index (χ2v) is 15.2. The summed E-state index contributed by atoms with van der Waals surface area (Å²) in [7, 11) is -2.18. The molecule has 0 radical (unpaired) electrons. The van der Waals surface area contributed by atoms with Gasteiger partial charge in [0.05, 0.1) is 12.7 Å². The van der Waals surface area contributed by atoms with E-state index in [2.05, 4.69) is 128 Å². The Bertz CT molecular complexity index is 1150. The van der Waals surface area contributed by atoms with Crippen LogP contribution in [-0.4, -0.2) is 30.3 Å². The van der Waals surface area contributed by atoms with Gasteiger partial charge in [0.2, 0.25) is 0 Å². The first-order valence-electron chi connectivity index (χ1n) is 13.0. The second-order valence-electron chi connectivity index (χ2n) is 10.5. The van der Waals surface area contributed by atoms with Crippen LogP contribution >= 0.6 is 23.2 Å². The zero-order valence-corrected chi connectivity index (χ0v) is 24.8. The molecule has 0 bridgehead atoms. The SMILES string of the molecule is C[C@H]([C@H](O)CC(C)(C)COCOc1ccc(Br)cc1)[P+](c1ccccc1)(c1ccccc1)c1ccccc1. The minimum absolute atomic E-state index is 0.00649. The molecule has 38 heavy (non-hydrogen) atoms. The summed E-state index contributed by atoms with van der Waals surface area (Å²) in [4.78, 5) is 0. The summed E-state index contributed by atoms with van der Waals surface area (Å²) in [5.74, 6) is 0.767. The van der Waals surface area contributed by atoms with Gasteiger partial charge in [0, 0.05) is 4.47 Å². The van der Waals surface area contributed by atoms with E-state index in [4.69, 9.17) is 9.47 Å². The molecule has 0 aliphatic rings. The number of rotatable bonds is 12. The first-order valence-corrected chi connectivity index (χ1v) is 15.7. The zero-order valence-electron chi connectivity index (χ0n) is 22.3. The summed E-state index contributed by atoms with van der Waals surface area (Å²) in [6, 6.07) is 39.9. The highest BCUT2D eigenvalue weighted by atomic mass is 79.9. The van der Waals surface area contributed by atoms with Crippen LogP contribution in [0.15, 0.2) is 120 Å². The molecule has 4 rings (SSSR count). The van der Waals surface area contributed by atoms with Crippen LogP contribution < -0.4 is 20.7 Å². The fourth-order valence-electron chi connectivity index (χ4n) is 5.15. The Labute approximate surface area is 236 Å². The Balaban J connectivity index is 1.57. The lowest BCUT2D eigenvalue weighted by Gasteiger charge is -2.37. The summed E-state index contributed by atoms with van der Waals surface area (Å²) >= 11 is 3.44. The van der Waals surface area contributed by atoms with Gasteiger partial charge in [-0.1, -0.05) is 84.4 Å². The third-order valence-corrected chi connectivity index (χ3v) is 12.5. The van der Waals surface area contributed by atoms with Crippen LogP contribution in [0, 0.1) is 5.41 Å². The molecule has 0 fully saturated rings. The highest BCUT2D eigenvalue weighted by Crippen LogP contribution is 2.61. The Morgan fingerprint density at radius 2 is 1.18 bits per heavy atom. The Kier molecular flexibility index (Phi) is 9.79. The van der Waals surface area contributed by atoms with Crippen molar-refractivity contribution in [2.45, 2.75) is 39.0 Å². The average molecular weight is 593 g/mol. The van der Waals surface area contributed by atoms with E-state index in [1.165, 1.54) is 15.9 Å². The average Bonchev–Trinajstić information content (AvgIpc) is 2.94. The van der Waals surface area contributed by atoms with Gasteiger partial charge in [0.1, 0.15) is 34.6 Å². The fraction of sp³-hybridized carbons (Fsp3) is 0.273. The number of aliphatic hydroxyl groups excluding tert-OH is 1. The van der Waals surface area contributed by atoms with Gasteiger partial charge in [-0.2, -0.15) is 0 Å². The minimum atomic E-state index is -2.18. The highest BCUT2D eigenvalue weighted by molar-refractivity contribution is 9.10. The summed E-state index contributed by atoms with van der Waals surface area (Å²) in [6.07, 6.45) is 0.0793. The molecule has 1 N–H and O–H groups in total. The van der Waals surface area contributed by atoms with Crippen molar-refractivity contribution in [2.24, 2.45) is 5.41 Å². The standard InChI is InChI=1S/C33H37BrO3P/c1-26(32(35)23-33(2,3)24-36-25-37-28-21-19-27(34)20-22-28)38(29-13-7-4-8-14-29,30-15-9-5-10-16-30)31-17-11-6-12-18-31/h4-22,26,32,35H,23-25H2,1-3H3/q+1/t26-,32-/m1/s1. The molecule has 0 amide bonds. The van der Waals surface area contributed by atoms with E-state index in [0.29, 0.717) is 13.0 Å². The Morgan fingerprint density at radius 1 is 0.737 bits per heavy atom. The van der Waals surface area contributed by atoms with Crippen LogP contribution in [0.25, 0.3) is 0 Å². The van der Waals surface area contributed by atoms with Crippen LogP contribution in [0.1, 0.15) is 27.2 Å². The first-order chi connectivity index (χ1) is 18.3. The lowest BCUT2D eigenvalue weighted by atomic mass is 9.87. The molecule has 0 aromatic heterocycles. The number of benzene rings is 4. The topological polar surface area (TPSA) is 38.7 Å². The van der Waals surface area contributed by atoms with Gasteiger partial charge in [0.15, 0.2) is 6.79 Å². The van der Waals surface area contributed by atoms with Crippen molar-refractivity contribution in [3.05, 3.63) is 120 Å². The van der Waals surface area contributed by atoms with E-state index in [1.807, 2.05) is 24.3 Å². The molecular formula is C33H37BrO3P+. The van der Waals surface area contributed by atoms with Crippen LogP contribution in [0.5, 0.6) is 5.75 Å². The van der Waals surface area contributed by atoms with Crippen molar-refractivity contribution >= 4 is 39.1 Å². The molecular weight excluding hydrogens is 555 g/mol. The summed E-state index contributed by atoms with van der Waals surface area (Å²) < 4.78 is 12.7. The molecule has 0 heterocycles. The number of aliphatic hydroxyl groups is 1. The molecule has 0 aliphatic carbocycles. The smallest absolute Gasteiger partial charge is 0.189 e. The maximum Gasteiger partial charge on any atom is 0.189 e. The molecule has 0 unspecified atom stereocenters. The number of halogens is 1. The summed E-state index contributed by atoms with van der Waals surface area (Å²) in [5, 5.41) is 15.7. The van der Waals surface area contributed by atoms with Crippen LogP contribution in [-0.2, 0) is 4.74 Å². The monoisotopic (exact) mass is 591 g/mol. The predicted octanol–water partition coefficient (Wildman–Crippen LogP) is 6.96. The quantitative estimate of drug-likeness (QED) is 0.110. The molecule has 198 valence electrons. The maximum absolute atomic E-state index is 11.9. The van der Waals surface area contributed by atoms with Crippen molar-refractivity contribution in [3.63, 3.8) is 0 Å². The molecule has 2 atom stereocenters. The molecule has 0 saturated carbocycles. The van der Waals surface area contributed by atoms with E-state index in [-0.39, 0.29) is 17.9 Å². The number of hydrogen-bond acceptors (Lipinski definition) is 3. The highest BCUT2D eigenvalue weighted by Gasteiger charge is 2.53. The van der Waals surface area contributed by atoms with Crippen molar-refractivity contribution in [2.75, 3.05) is 13.4 Å². The number of ether oxygens (including phenoxy) is 2. The molecule has 3 nitrogen and oxygen atoms in total. The van der Waals surface area contributed by atoms with E-state index in [1.54, 1.807) is 0 Å². The van der Waals surface area contributed by atoms with Crippen molar-refractivity contribution in [1.82, 2.24) is 0 Å². The second kappa shape index (κ2) is 13.0. The van der Waals surface area contributed by atoms with Gasteiger partial charge in [-0.15, -0.1) is 0 Å². The summed E-state index contributed by atoms with van der Waals surface area (Å²) in [5.41, 5.74) is -0.246. The lowest BCUT2D eigenvalue weighted by Crippen LogP contribution is -2.44. The van der Waals surface area contributed by atoms with E-state index >= 15 is 0 Å². The third-order valence-electron chi connectivity index (χ3n) is 7.04. The van der Waals surface area contributed by atoms with E-state index in [0.717, 1.165) is 10.2 Å². The Morgan fingerprint density at radius 3 is 1.63 bits per heavy atom. The van der Waals surface area contributed by atoms with Crippen molar-refractivity contribution in [3.8, 4) is 5.75 Å². The molecule has 4 aromatic rings. The third kappa shape index (κ3) is 6.74. The van der Waals surface area contributed by atoms with Crippen LogP contribution in [0.3, 0.4) is 0 Å². The van der Waals surface area contributed by atoms with Gasteiger partial charge >= 0.3 is 0 Å². The molecule has 0 aliphatic heterocycles. The van der Waals surface area contributed by atoms with E-state index < -0.39 is 13.4 Å². The fourth-order valence-corrected chi connectivity index (χ4v) is 10.3.